The molecule has 3 heteroatoms. The van der Waals surface area contributed by atoms with Crippen molar-refractivity contribution in [3.8, 4) is 0 Å². The van der Waals surface area contributed by atoms with Crippen molar-refractivity contribution in [2.45, 2.75) is 38.8 Å². The van der Waals surface area contributed by atoms with E-state index in [2.05, 4.69) is 24.1 Å². The molecular formula is C12H26N2O. The second-order valence-corrected chi connectivity index (χ2v) is 4.90. The van der Waals surface area contributed by atoms with Crippen LogP contribution in [-0.4, -0.2) is 50.8 Å². The summed E-state index contributed by atoms with van der Waals surface area (Å²) in [7, 11) is 3.80. The van der Waals surface area contributed by atoms with Crippen molar-refractivity contribution in [3.63, 3.8) is 0 Å². The molecule has 1 atom stereocenters. The third-order valence-electron chi connectivity index (χ3n) is 3.10. The number of likely N-dealkylation sites (N-methyl/N-ethyl adjacent to an activating group) is 1. The molecule has 0 saturated heterocycles. The summed E-state index contributed by atoms with van der Waals surface area (Å²) in [5.74, 6) is 0.948. The van der Waals surface area contributed by atoms with E-state index in [9.17, 15) is 0 Å². The van der Waals surface area contributed by atoms with Crippen LogP contribution in [0.15, 0.2) is 0 Å². The van der Waals surface area contributed by atoms with Gasteiger partial charge < -0.3 is 10.1 Å². The Hall–Kier alpha value is -0.120. The van der Waals surface area contributed by atoms with Crippen LogP contribution >= 0.6 is 0 Å². The van der Waals surface area contributed by atoms with E-state index in [0.717, 1.165) is 19.1 Å². The third kappa shape index (κ3) is 4.49. The van der Waals surface area contributed by atoms with Gasteiger partial charge >= 0.3 is 0 Å². The molecular weight excluding hydrogens is 188 g/mol. The van der Waals surface area contributed by atoms with Gasteiger partial charge in [-0.15, -0.1) is 0 Å². The molecule has 0 bridgehead atoms. The Morgan fingerprint density at radius 2 is 2.07 bits per heavy atom. The molecule has 1 rings (SSSR count). The Balaban J connectivity index is 2.46. The normalized spacial score (nSPS) is 18.8. The van der Waals surface area contributed by atoms with Gasteiger partial charge in [-0.05, 0) is 39.7 Å². The van der Waals surface area contributed by atoms with Gasteiger partial charge in [0, 0.05) is 32.3 Å². The highest BCUT2D eigenvalue weighted by atomic mass is 16.5. The van der Waals surface area contributed by atoms with Gasteiger partial charge in [-0.1, -0.05) is 0 Å². The molecule has 15 heavy (non-hydrogen) atoms. The Bertz CT molecular complexity index is 163. The molecule has 1 unspecified atom stereocenters. The summed E-state index contributed by atoms with van der Waals surface area (Å²) in [4.78, 5) is 2.58. The van der Waals surface area contributed by atoms with E-state index in [1.807, 2.05) is 7.05 Å². The lowest BCUT2D eigenvalue weighted by Gasteiger charge is -2.34. The topological polar surface area (TPSA) is 24.5 Å². The highest BCUT2D eigenvalue weighted by Gasteiger charge is 2.29. The van der Waals surface area contributed by atoms with E-state index in [-0.39, 0.29) is 0 Å². The van der Waals surface area contributed by atoms with E-state index in [4.69, 9.17) is 4.74 Å². The van der Waals surface area contributed by atoms with Crippen molar-refractivity contribution in [2.24, 2.45) is 5.92 Å². The summed E-state index contributed by atoms with van der Waals surface area (Å²) in [6.45, 7) is 7.64. The quantitative estimate of drug-likeness (QED) is 0.660. The molecule has 0 amide bonds. The Kier molecular flexibility index (Phi) is 5.58. The van der Waals surface area contributed by atoms with Gasteiger partial charge in [-0.3, -0.25) is 4.90 Å². The molecule has 0 spiro atoms. The molecule has 90 valence electrons. The zero-order chi connectivity index (χ0) is 11.3. The van der Waals surface area contributed by atoms with Gasteiger partial charge in [0.2, 0.25) is 0 Å². The molecule has 0 aromatic rings. The van der Waals surface area contributed by atoms with Crippen molar-refractivity contribution in [2.75, 3.05) is 33.9 Å². The summed E-state index contributed by atoms with van der Waals surface area (Å²) >= 11 is 0. The molecule has 1 aliphatic carbocycles. The molecule has 1 saturated carbocycles. The molecule has 0 aromatic carbocycles. The van der Waals surface area contributed by atoms with Crippen molar-refractivity contribution in [1.29, 1.82) is 0 Å². The van der Waals surface area contributed by atoms with Crippen molar-refractivity contribution in [1.82, 2.24) is 10.2 Å². The van der Waals surface area contributed by atoms with Gasteiger partial charge in [0.25, 0.3) is 0 Å². The second kappa shape index (κ2) is 6.46. The fourth-order valence-electron chi connectivity index (χ4n) is 2.08. The monoisotopic (exact) mass is 214 g/mol. The van der Waals surface area contributed by atoms with Crippen LogP contribution in [0.1, 0.15) is 26.7 Å². The Labute approximate surface area is 94.2 Å². The third-order valence-corrected chi connectivity index (χ3v) is 3.10. The average molecular weight is 214 g/mol. The summed E-state index contributed by atoms with van der Waals surface area (Å²) in [5.41, 5.74) is 0. The SMILES string of the molecule is CNCC(COC)N(CC1CC1)C(C)C. The van der Waals surface area contributed by atoms with Crippen molar-refractivity contribution >= 4 is 0 Å². The minimum absolute atomic E-state index is 0.514. The highest BCUT2D eigenvalue weighted by molar-refractivity contribution is 4.83. The molecule has 0 radical (unpaired) electrons. The van der Waals surface area contributed by atoms with Crippen LogP contribution in [0, 0.1) is 5.92 Å². The first-order valence-electron chi connectivity index (χ1n) is 6.08. The van der Waals surface area contributed by atoms with Gasteiger partial charge in [0.15, 0.2) is 0 Å². The molecule has 1 fully saturated rings. The summed E-state index contributed by atoms with van der Waals surface area (Å²) in [6, 6.07) is 1.12. The molecule has 0 aromatic heterocycles. The highest BCUT2D eigenvalue weighted by Crippen LogP contribution is 2.30. The number of rotatable bonds is 8. The van der Waals surface area contributed by atoms with Crippen LogP contribution in [0.3, 0.4) is 0 Å². The second-order valence-electron chi connectivity index (χ2n) is 4.90. The van der Waals surface area contributed by atoms with Crippen LogP contribution in [0.2, 0.25) is 0 Å². The van der Waals surface area contributed by atoms with E-state index >= 15 is 0 Å². The number of ether oxygens (including phenoxy) is 1. The lowest BCUT2D eigenvalue weighted by atomic mass is 10.1. The maximum absolute atomic E-state index is 5.31. The van der Waals surface area contributed by atoms with E-state index in [1.54, 1.807) is 7.11 Å². The zero-order valence-corrected chi connectivity index (χ0v) is 10.6. The smallest absolute Gasteiger partial charge is 0.0630 e. The number of nitrogens with one attached hydrogen (secondary N) is 1. The van der Waals surface area contributed by atoms with Crippen LogP contribution in [0.4, 0.5) is 0 Å². The Morgan fingerprint density at radius 3 is 2.47 bits per heavy atom. The number of hydrogen-bond donors (Lipinski definition) is 1. The molecule has 0 aliphatic heterocycles. The van der Waals surface area contributed by atoms with Crippen LogP contribution < -0.4 is 5.32 Å². The first-order valence-corrected chi connectivity index (χ1v) is 6.08. The van der Waals surface area contributed by atoms with Gasteiger partial charge in [-0.25, -0.2) is 0 Å². The van der Waals surface area contributed by atoms with Crippen LogP contribution in [-0.2, 0) is 4.74 Å². The minimum Gasteiger partial charge on any atom is -0.383 e. The minimum atomic E-state index is 0.514. The van der Waals surface area contributed by atoms with Crippen molar-refractivity contribution in [3.05, 3.63) is 0 Å². The molecule has 1 N–H and O–H groups in total. The number of nitrogens with zero attached hydrogens (tertiary/aromatic N) is 1. The number of hydrogen-bond acceptors (Lipinski definition) is 3. The van der Waals surface area contributed by atoms with Crippen molar-refractivity contribution < 1.29 is 4.74 Å². The summed E-state index contributed by atoms with van der Waals surface area (Å²) in [6.07, 6.45) is 2.84. The Morgan fingerprint density at radius 1 is 1.40 bits per heavy atom. The van der Waals surface area contributed by atoms with E-state index in [0.29, 0.717) is 12.1 Å². The zero-order valence-electron chi connectivity index (χ0n) is 10.6. The lowest BCUT2D eigenvalue weighted by Crippen LogP contribution is -2.48. The van der Waals surface area contributed by atoms with E-state index in [1.165, 1.54) is 19.4 Å². The maximum atomic E-state index is 5.31. The maximum Gasteiger partial charge on any atom is 0.0630 e. The first-order chi connectivity index (χ1) is 7.19. The fraction of sp³-hybridized carbons (Fsp3) is 1.00. The largest absolute Gasteiger partial charge is 0.383 e. The lowest BCUT2D eigenvalue weighted by molar-refractivity contribution is 0.0670. The predicted molar refractivity (Wildman–Crippen MR) is 64.2 cm³/mol. The van der Waals surface area contributed by atoms with Crippen LogP contribution in [0.25, 0.3) is 0 Å². The number of methoxy groups -OCH3 is 1. The van der Waals surface area contributed by atoms with Gasteiger partial charge in [0.1, 0.15) is 0 Å². The van der Waals surface area contributed by atoms with Gasteiger partial charge in [0.05, 0.1) is 6.61 Å². The first kappa shape index (κ1) is 12.9. The molecule has 0 heterocycles. The molecule has 1 aliphatic rings. The predicted octanol–water partition coefficient (Wildman–Crippen LogP) is 1.34. The average Bonchev–Trinajstić information content (AvgIpc) is 2.97. The van der Waals surface area contributed by atoms with E-state index < -0.39 is 0 Å². The summed E-state index contributed by atoms with van der Waals surface area (Å²) in [5, 5.41) is 3.26. The molecule has 3 nitrogen and oxygen atoms in total. The standard InChI is InChI=1S/C12H26N2O/c1-10(2)14(8-11-5-6-11)12(7-13-3)9-15-4/h10-13H,5-9H2,1-4H3. The fourth-order valence-corrected chi connectivity index (χ4v) is 2.08. The summed E-state index contributed by atoms with van der Waals surface area (Å²) < 4.78 is 5.31. The van der Waals surface area contributed by atoms with Gasteiger partial charge in [-0.2, -0.15) is 0 Å². The van der Waals surface area contributed by atoms with Crippen LogP contribution in [0.5, 0.6) is 0 Å².